The Morgan fingerprint density at radius 3 is 1.25 bits per heavy atom. The van der Waals surface area contributed by atoms with Crippen LogP contribution in [0.4, 0.5) is 0 Å². The zero-order chi connectivity index (χ0) is 47.6. The molecule has 0 saturated carbocycles. The Morgan fingerprint density at radius 1 is 0.477 bits per heavy atom. The SMILES string of the molecule is CCCCCCC/C=C\C/C=C\CCCCCCCCCCCCOCC(COP(=O)(O)OCC[N+](C)(C)C)OC(=O)CCCCCCCCCCCCCCCCCCCCCCC. The van der Waals surface area contributed by atoms with Crippen molar-refractivity contribution in [2.24, 2.45) is 0 Å². The van der Waals surface area contributed by atoms with E-state index in [1.807, 2.05) is 21.1 Å². The van der Waals surface area contributed by atoms with Gasteiger partial charge in [0.05, 0.1) is 34.4 Å². The van der Waals surface area contributed by atoms with E-state index in [1.54, 1.807) is 0 Å². The summed E-state index contributed by atoms with van der Waals surface area (Å²) in [6, 6.07) is 0. The van der Waals surface area contributed by atoms with Gasteiger partial charge in [0, 0.05) is 13.0 Å². The molecule has 0 radical (unpaired) electrons. The lowest BCUT2D eigenvalue weighted by Gasteiger charge is -2.24. The van der Waals surface area contributed by atoms with E-state index < -0.39 is 13.9 Å². The van der Waals surface area contributed by atoms with Crippen molar-refractivity contribution >= 4 is 13.8 Å². The summed E-state index contributed by atoms with van der Waals surface area (Å²) in [4.78, 5) is 23.1. The first-order valence-corrected chi connectivity index (χ1v) is 29.6. The summed E-state index contributed by atoms with van der Waals surface area (Å²) in [5, 5.41) is 0. The Labute approximate surface area is 404 Å². The van der Waals surface area contributed by atoms with Gasteiger partial charge >= 0.3 is 13.8 Å². The van der Waals surface area contributed by atoms with Crippen LogP contribution in [0.1, 0.15) is 271 Å². The Morgan fingerprint density at radius 2 is 0.846 bits per heavy atom. The maximum absolute atomic E-state index is 12.8. The van der Waals surface area contributed by atoms with E-state index in [2.05, 4.69) is 38.2 Å². The number of likely N-dealkylation sites (N-methyl/N-ethyl adjacent to an activating group) is 1. The van der Waals surface area contributed by atoms with Gasteiger partial charge < -0.3 is 18.9 Å². The molecular weight excluding hydrogens is 830 g/mol. The molecule has 2 atom stereocenters. The lowest BCUT2D eigenvalue weighted by atomic mass is 10.0. The molecule has 0 bridgehead atoms. The fraction of sp³-hybridized carbons (Fsp3) is 0.911. The Bertz CT molecular complexity index is 1090. The van der Waals surface area contributed by atoms with Gasteiger partial charge in [-0.25, -0.2) is 4.57 Å². The Hall–Kier alpha value is -1.02. The predicted molar refractivity (Wildman–Crippen MR) is 280 cm³/mol. The summed E-state index contributed by atoms with van der Waals surface area (Å²) in [5.41, 5.74) is 0. The second-order valence-electron chi connectivity index (χ2n) is 20.3. The lowest BCUT2D eigenvalue weighted by molar-refractivity contribution is -0.870. The maximum atomic E-state index is 12.8. The van der Waals surface area contributed by atoms with E-state index in [-0.39, 0.29) is 25.8 Å². The lowest BCUT2D eigenvalue weighted by Crippen LogP contribution is -2.37. The standard InChI is InChI=1S/C56H110NO7P/c1-6-8-10-12-14-16-18-20-22-24-26-28-30-32-34-36-38-40-42-44-46-48-51-61-53-55(54-63-65(59,60)62-52-50-57(3,4)5)64-56(58)49-47-45-43-41-39-37-35-33-31-29-27-25-23-21-19-17-15-13-11-9-7-2/h18,20,24,26,55H,6-17,19,21-23,25,27-54H2,1-5H3/p+1/b20-18-,26-24-. The monoisotopic (exact) mass is 941 g/mol. The molecular formula is C56H111NO7P+. The van der Waals surface area contributed by atoms with Crippen LogP contribution in [0.2, 0.25) is 0 Å². The highest BCUT2D eigenvalue weighted by atomic mass is 31.2. The first kappa shape index (κ1) is 64.0. The van der Waals surface area contributed by atoms with E-state index in [9.17, 15) is 14.3 Å². The molecule has 2 unspecified atom stereocenters. The fourth-order valence-electron chi connectivity index (χ4n) is 8.17. The quantitative estimate of drug-likeness (QED) is 0.0213. The summed E-state index contributed by atoms with van der Waals surface area (Å²) in [6.45, 7) is 5.67. The van der Waals surface area contributed by atoms with Gasteiger partial charge in [0.2, 0.25) is 0 Å². The zero-order valence-electron chi connectivity index (χ0n) is 44.0. The third-order valence-electron chi connectivity index (χ3n) is 12.5. The highest BCUT2D eigenvalue weighted by Gasteiger charge is 2.26. The van der Waals surface area contributed by atoms with Crippen LogP contribution < -0.4 is 0 Å². The van der Waals surface area contributed by atoms with E-state index >= 15 is 0 Å². The second kappa shape index (κ2) is 49.4. The molecule has 1 N–H and O–H groups in total. The first-order chi connectivity index (χ1) is 31.6. The molecule has 386 valence electrons. The highest BCUT2D eigenvalue weighted by molar-refractivity contribution is 7.47. The zero-order valence-corrected chi connectivity index (χ0v) is 44.9. The van der Waals surface area contributed by atoms with Crippen LogP contribution in [-0.4, -0.2) is 75.6 Å². The van der Waals surface area contributed by atoms with Crippen molar-refractivity contribution in [2.75, 3.05) is 54.1 Å². The predicted octanol–water partition coefficient (Wildman–Crippen LogP) is 17.5. The van der Waals surface area contributed by atoms with Gasteiger partial charge in [-0.15, -0.1) is 0 Å². The highest BCUT2D eigenvalue weighted by Crippen LogP contribution is 2.43. The summed E-state index contributed by atoms with van der Waals surface area (Å²) < 4.78 is 35.2. The van der Waals surface area contributed by atoms with Crippen molar-refractivity contribution in [1.82, 2.24) is 0 Å². The summed E-state index contributed by atoms with van der Waals surface area (Å²) >= 11 is 0. The number of phosphoric acid groups is 1. The van der Waals surface area contributed by atoms with E-state index in [1.165, 1.54) is 212 Å². The average molecular weight is 941 g/mol. The molecule has 0 aliphatic carbocycles. The van der Waals surface area contributed by atoms with Crippen LogP contribution in [-0.2, 0) is 27.9 Å². The smallest absolute Gasteiger partial charge is 0.457 e. The minimum atomic E-state index is -4.28. The summed E-state index contributed by atoms with van der Waals surface area (Å²) in [5.74, 6) is -0.308. The number of ether oxygens (including phenoxy) is 2. The molecule has 0 rings (SSSR count). The third-order valence-corrected chi connectivity index (χ3v) is 13.5. The molecule has 9 heteroatoms. The number of nitrogens with zero attached hydrogens (tertiary/aromatic N) is 1. The summed E-state index contributed by atoms with van der Waals surface area (Å²) in [7, 11) is 1.68. The number of quaternary nitrogens is 1. The second-order valence-corrected chi connectivity index (χ2v) is 21.8. The molecule has 0 aliphatic rings. The van der Waals surface area contributed by atoms with Crippen molar-refractivity contribution in [3.8, 4) is 0 Å². The number of phosphoric ester groups is 1. The van der Waals surface area contributed by atoms with Crippen LogP contribution in [0, 0.1) is 0 Å². The minimum Gasteiger partial charge on any atom is -0.457 e. The van der Waals surface area contributed by atoms with Gasteiger partial charge in [-0.2, -0.15) is 0 Å². The van der Waals surface area contributed by atoms with Crippen LogP contribution >= 0.6 is 7.82 Å². The average Bonchev–Trinajstić information content (AvgIpc) is 3.27. The molecule has 0 aromatic carbocycles. The van der Waals surface area contributed by atoms with Crippen molar-refractivity contribution in [1.29, 1.82) is 0 Å². The third kappa shape index (κ3) is 53.8. The number of hydrogen-bond acceptors (Lipinski definition) is 6. The van der Waals surface area contributed by atoms with Crippen molar-refractivity contribution < 1.29 is 37.3 Å². The molecule has 8 nitrogen and oxygen atoms in total. The number of unbranched alkanes of at least 4 members (excludes halogenated alkanes) is 35. The normalized spacial score (nSPS) is 13.6. The molecule has 0 amide bonds. The van der Waals surface area contributed by atoms with Gasteiger partial charge in [0.25, 0.3) is 0 Å². The molecule has 65 heavy (non-hydrogen) atoms. The van der Waals surface area contributed by atoms with E-state index in [4.69, 9.17) is 18.5 Å². The van der Waals surface area contributed by atoms with Gasteiger partial charge in [0.1, 0.15) is 19.3 Å². The van der Waals surface area contributed by atoms with Gasteiger partial charge in [0.15, 0.2) is 0 Å². The fourth-order valence-corrected chi connectivity index (χ4v) is 8.92. The number of allylic oxidation sites excluding steroid dienone is 4. The number of rotatable bonds is 53. The molecule has 0 aromatic rings. The van der Waals surface area contributed by atoms with Crippen LogP contribution in [0.5, 0.6) is 0 Å². The number of esters is 1. The van der Waals surface area contributed by atoms with Crippen molar-refractivity contribution in [3.05, 3.63) is 24.3 Å². The molecule has 0 saturated heterocycles. The molecule has 0 fully saturated rings. The maximum Gasteiger partial charge on any atom is 0.472 e. The first-order valence-electron chi connectivity index (χ1n) is 28.1. The molecule has 0 aromatic heterocycles. The van der Waals surface area contributed by atoms with Gasteiger partial charge in [-0.3, -0.25) is 13.8 Å². The number of carbonyl (C=O) groups excluding carboxylic acids is 1. The summed E-state index contributed by atoms with van der Waals surface area (Å²) in [6.07, 6.45) is 59.5. The van der Waals surface area contributed by atoms with Crippen molar-refractivity contribution in [2.45, 2.75) is 277 Å². The number of carbonyl (C=O) groups is 1. The largest absolute Gasteiger partial charge is 0.472 e. The molecule has 0 aliphatic heterocycles. The molecule has 0 spiro atoms. The minimum absolute atomic E-state index is 0.0906. The van der Waals surface area contributed by atoms with E-state index in [0.717, 1.165) is 38.5 Å². The van der Waals surface area contributed by atoms with Gasteiger partial charge in [-0.05, 0) is 44.9 Å². The molecule has 0 heterocycles. The Kier molecular flexibility index (Phi) is 48.6. The van der Waals surface area contributed by atoms with Gasteiger partial charge in [-0.1, -0.05) is 244 Å². The van der Waals surface area contributed by atoms with Crippen molar-refractivity contribution in [3.63, 3.8) is 0 Å². The van der Waals surface area contributed by atoms with E-state index in [0.29, 0.717) is 24.1 Å². The van der Waals surface area contributed by atoms with Crippen LogP contribution in [0.3, 0.4) is 0 Å². The topological polar surface area (TPSA) is 91.3 Å². The Balaban J connectivity index is 4.07. The number of hydrogen-bond donors (Lipinski definition) is 1. The van der Waals surface area contributed by atoms with Crippen LogP contribution in [0.15, 0.2) is 24.3 Å². The van der Waals surface area contributed by atoms with Crippen LogP contribution in [0.25, 0.3) is 0 Å².